The van der Waals surface area contributed by atoms with Crippen molar-refractivity contribution >= 4 is 23.7 Å². The summed E-state index contributed by atoms with van der Waals surface area (Å²) >= 11 is 0. The Labute approximate surface area is 92.1 Å². The zero-order chi connectivity index (χ0) is 12.1. The summed E-state index contributed by atoms with van der Waals surface area (Å²) in [5, 5.41) is 8.46. The summed E-state index contributed by atoms with van der Waals surface area (Å²) in [6.07, 6.45) is 2.32. The van der Waals surface area contributed by atoms with Crippen LogP contribution < -0.4 is 5.73 Å². The van der Waals surface area contributed by atoms with Crippen LogP contribution in [0.15, 0.2) is 24.3 Å². The fraction of sp³-hybridized carbons (Fsp3) is 0.0909. The van der Waals surface area contributed by atoms with E-state index in [2.05, 4.69) is 4.74 Å². The Bertz CT molecular complexity index is 451. The largest absolute Gasteiger partial charge is 0.478 e. The van der Waals surface area contributed by atoms with Gasteiger partial charge < -0.3 is 15.6 Å². The maximum Gasteiger partial charge on any atom is 0.337 e. The predicted octanol–water partition coefficient (Wildman–Crippen LogP) is 1.15. The molecular formula is C11H11NO4. The van der Waals surface area contributed by atoms with Gasteiger partial charge in [-0.3, -0.25) is 0 Å². The van der Waals surface area contributed by atoms with Crippen LogP contribution in [-0.2, 0) is 9.53 Å². The van der Waals surface area contributed by atoms with Crippen LogP contribution in [0.25, 0.3) is 6.08 Å². The van der Waals surface area contributed by atoms with Crippen molar-refractivity contribution in [2.75, 3.05) is 12.8 Å². The number of carbonyl (C=O) groups excluding carboxylic acids is 1. The summed E-state index contributed by atoms with van der Waals surface area (Å²) in [5.41, 5.74) is 6.75. The number of nitrogens with two attached hydrogens (primary N) is 1. The molecule has 0 bridgehead atoms. The Morgan fingerprint density at radius 1 is 1.38 bits per heavy atom. The van der Waals surface area contributed by atoms with E-state index in [-0.39, 0.29) is 5.56 Å². The van der Waals surface area contributed by atoms with Gasteiger partial charge in [0.1, 0.15) is 0 Å². The number of carbonyl (C=O) groups is 2. The third-order valence-electron chi connectivity index (χ3n) is 1.82. The molecule has 5 nitrogen and oxygen atoms in total. The van der Waals surface area contributed by atoms with Gasteiger partial charge >= 0.3 is 11.9 Å². The Morgan fingerprint density at radius 3 is 2.62 bits per heavy atom. The highest BCUT2D eigenvalue weighted by Gasteiger charge is 2.06. The van der Waals surface area contributed by atoms with Gasteiger partial charge in [-0.25, -0.2) is 9.59 Å². The van der Waals surface area contributed by atoms with E-state index < -0.39 is 11.9 Å². The second-order valence-electron chi connectivity index (χ2n) is 3.05. The first-order valence-corrected chi connectivity index (χ1v) is 4.43. The summed E-state index contributed by atoms with van der Waals surface area (Å²) < 4.78 is 4.54. The van der Waals surface area contributed by atoms with Gasteiger partial charge in [-0.05, 0) is 29.8 Å². The number of carboxylic acids is 1. The Morgan fingerprint density at radius 2 is 2.06 bits per heavy atom. The zero-order valence-electron chi connectivity index (χ0n) is 8.64. The molecule has 0 aliphatic rings. The van der Waals surface area contributed by atoms with Crippen LogP contribution in [0, 0.1) is 0 Å². The quantitative estimate of drug-likeness (QED) is 0.454. The Hall–Kier alpha value is -2.30. The van der Waals surface area contributed by atoms with Crippen molar-refractivity contribution in [2.24, 2.45) is 0 Å². The second-order valence-corrected chi connectivity index (χ2v) is 3.05. The number of benzene rings is 1. The zero-order valence-corrected chi connectivity index (χ0v) is 8.64. The number of hydrogen-bond acceptors (Lipinski definition) is 4. The van der Waals surface area contributed by atoms with Crippen LogP contribution in [-0.4, -0.2) is 24.2 Å². The SMILES string of the molecule is COC(=O)c1cc(N)cc(C=CC(=O)O)c1. The van der Waals surface area contributed by atoms with Crippen LogP contribution in [0.2, 0.25) is 0 Å². The molecule has 0 saturated heterocycles. The molecule has 0 aliphatic heterocycles. The molecule has 3 N–H and O–H groups in total. The molecule has 0 aliphatic carbocycles. The lowest BCUT2D eigenvalue weighted by Gasteiger charge is -2.02. The van der Waals surface area contributed by atoms with Crippen molar-refractivity contribution in [3.05, 3.63) is 35.4 Å². The van der Waals surface area contributed by atoms with Gasteiger partial charge in [0.2, 0.25) is 0 Å². The molecule has 0 aromatic heterocycles. The average Bonchev–Trinajstić information content (AvgIpc) is 2.24. The standard InChI is InChI=1S/C11H11NO4/c1-16-11(15)8-4-7(2-3-10(13)14)5-9(12)6-8/h2-6H,12H2,1H3,(H,13,14). The molecule has 1 rings (SSSR count). The first kappa shape index (κ1) is 11.8. The number of esters is 1. The first-order valence-electron chi connectivity index (χ1n) is 4.43. The number of hydrogen-bond donors (Lipinski definition) is 2. The van der Waals surface area contributed by atoms with Crippen LogP contribution in [0.1, 0.15) is 15.9 Å². The van der Waals surface area contributed by atoms with E-state index in [1.807, 2.05) is 0 Å². The van der Waals surface area contributed by atoms with E-state index in [4.69, 9.17) is 10.8 Å². The lowest BCUT2D eigenvalue weighted by atomic mass is 10.1. The fourth-order valence-corrected chi connectivity index (χ4v) is 1.18. The van der Waals surface area contributed by atoms with Crippen molar-refractivity contribution < 1.29 is 19.4 Å². The molecule has 0 spiro atoms. The number of nitrogen functional groups attached to an aromatic ring is 1. The van der Waals surface area contributed by atoms with Crippen molar-refractivity contribution in [1.29, 1.82) is 0 Å². The molecule has 0 radical (unpaired) electrons. The van der Waals surface area contributed by atoms with E-state index in [0.29, 0.717) is 11.3 Å². The van der Waals surface area contributed by atoms with Crippen molar-refractivity contribution in [2.45, 2.75) is 0 Å². The van der Waals surface area contributed by atoms with Gasteiger partial charge in [0.25, 0.3) is 0 Å². The Balaban J connectivity index is 3.08. The van der Waals surface area contributed by atoms with Crippen molar-refractivity contribution in [3.63, 3.8) is 0 Å². The van der Waals surface area contributed by atoms with Crippen LogP contribution in [0.5, 0.6) is 0 Å². The molecule has 1 aromatic rings. The van der Waals surface area contributed by atoms with Gasteiger partial charge in [-0.15, -0.1) is 0 Å². The molecule has 0 saturated carbocycles. The molecule has 5 heteroatoms. The van der Waals surface area contributed by atoms with E-state index in [1.54, 1.807) is 6.07 Å². The summed E-state index contributed by atoms with van der Waals surface area (Å²) in [6.45, 7) is 0. The molecule has 16 heavy (non-hydrogen) atoms. The molecule has 0 heterocycles. The molecule has 1 aromatic carbocycles. The number of ether oxygens (including phenoxy) is 1. The average molecular weight is 221 g/mol. The van der Waals surface area contributed by atoms with Gasteiger partial charge in [0.15, 0.2) is 0 Å². The second kappa shape index (κ2) is 4.97. The minimum Gasteiger partial charge on any atom is -0.478 e. The van der Waals surface area contributed by atoms with Gasteiger partial charge in [0.05, 0.1) is 12.7 Å². The lowest BCUT2D eigenvalue weighted by molar-refractivity contribution is -0.131. The number of anilines is 1. The molecule has 0 unspecified atom stereocenters. The first-order chi connectivity index (χ1) is 7.52. The van der Waals surface area contributed by atoms with Gasteiger partial charge in [0, 0.05) is 11.8 Å². The van der Waals surface area contributed by atoms with Crippen molar-refractivity contribution in [1.82, 2.24) is 0 Å². The summed E-state index contributed by atoms with van der Waals surface area (Å²) in [7, 11) is 1.26. The van der Waals surface area contributed by atoms with E-state index >= 15 is 0 Å². The highest BCUT2D eigenvalue weighted by molar-refractivity contribution is 5.92. The number of carboxylic acid groups (broad SMARTS) is 1. The normalized spacial score (nSPS) is 10.3. The smallest absolute Gasteiger partial charge is 0.337 e. The predicted molar refractivity (Wildman–Crippen MR) is 58.9 cm³/mol. The Kier molecular flexibility index (Phi) is 3.66. The lowest BCUT2D eigenvalue weighted by Crippen LogP contribution is -2.02. The number of rotatable bonds is 3. The van der Waals surface area contributed by atoms with E-state index in [0.717, 1.165) is 6.08 Å². The summed E-state index contributed by atoms with van der Waals surface area (Å²) in [5.74, 6) is -1.58. The molecule has 0 amide bonds. The topological polar surface area (TPSA) is 89.6 Å². The van der Waals surface area contributed by atoms with Crippen LogP contribution in [0.4, 0.5) is 5.69 Å². The van der Waals surface area contributed by atoms with Crippen LogP contribution in [0.3, 0.4) is 0 Å². The fourth-order valence-electron chi connectivity index (χ4n) is 1.18. The third-order valence-corrected chi connectivity index (χ3v) is 1.82. The molecule has 0 atom stereocenters. The monoisotopic (exact) mass is 221 g/mol. The van der Waals surface area contributed by atoms with E-state index in [9.17, 15) is 9.59 Å². The minimum atomic E-state index is -1.07. The minimum absolute atomic E-state index is 0.285. The van der Waals surface area contributed by atoms with E-state index in [1.165, 1.54) is 25.3 Å². The van der Waals surface area contributed by atoms with Gasteiger partial charge in [-0.2, -0.15) is 0 Å². The maximum absolute atomic E-state index is 11.2. The number of aliphatic carboxylic acids is 1. The van der Waals surface area contributed by atoms with Crippen LogP contribution >= 0.6 is 0 Å². The third kappa shape index (κ3) is 3.13. The van der Waals surface area contributed by atoms with Crippen molar-refractivity contribution in [3.8, 4) is 0 Å². The highest BCUT2D eigenvalue weighted by atomic mass is 16.5. The molecule has 0 fully saturated rings. The highest BCUT2D eigenvalue weighted by Crippen LogP contribution is 2.14. The molecular weight excluding hydrogens is 210 g/mol. The van der Waals surface area contributed by atoms with Gasteiger partial charge in [-0.1, -0.05) is 0 Å². The summed E-state index contributed by atoms with van der Waals surface area (Å²) in [4.78, 5) is 21.6. The number of methoxy groups -OCH3 is 1. The molecule has 84 valence electrons. The summed E-state index contributed by atoms with van der Waals surface area (Å²) in [6, 6.07) is 4.53. The maximum atomic E-state index is 11.2.